The molecule has 0 atom stereocenters. The van der Waals surface area contributed by atoms with E-state index in [4.69, 9.17) is 14.7 Å². The fourth-order valence-electron chi connectivity index (χ4n) is 2.30. The Labute approximate surface area is 129 Å². The smallest absolute Gasteiger partial charge is 0.267 e. The first-order valence-corrected chi connectivity index (χ1v) is 7.07. The summed E-state index contributed by atoms with van der Waals surface area (Å²) in [5, 5.41) is 11.9. The molecule has 1 aromatic rings. The highest BCUT2D eigenvalue weighted by atomic mass is 16.5. The third-order valence-electron chi connectivity index (χ3n) is 3.46. The van der Waals surface area contributed by atoms with Crippen LogP contribution in [0.1, 0.15) is 12.8 Å². The molecule has 0 aromatic heterocycles. The third kappa shape index (κ3) is 3.70. The van der Waals surface area contributed by atoms with Gasteiger partial charge in [0.05, 0.1) is 14.2 Å². The van der Waals surface area contributed by atoms with Crippen molar-refractivity contribution in [3.8, 4) is 17.6 Å². The lowest BCUT2D eigenvalue weighted by molar-refractivity contribution is -0.112. The quantitative estimate of drug-likeness (QED) is 0.666. The molecule has 0 radical (unpaired) electrons. The van der Waals surface area contributed by atoms with Gasteiger partial charge in [0.15, 0.2) is 11.5 Å². The molecule has 0 unspecified atom stereocenters. The van der Waals surface area contributed by atoms with Gasteiger partial charge in [0.2, 0.25) is 0 Å². The van der Waals surface area contributed by atoms with Crippen LogP contribution in [0.15, 0.2) is 30.0 Å². The van der Waals surface area contributed by atoms with Gasteiger partial charge >= 0.3 is 0 Å². The lowest BCUT2D eigenvalue weighted by atomic mass is 10.2. The molecular formula is C16H19N3O3. The number of rotatable bonds is 5. The number of amides is 1. The number of hydrogen-bond acceptors (Lipinski definition) is 5. The summed E-state index contributed by atoms with van der Waals surface area (Å²) in [6.07, 6.45) is 3.81. The van der Waals surface area contributed by atoms with Crippen LogP contribution in [0.3, 0.4) is 0 Å². The molecule has 2 rings (SSSR count). The summed E-state index contributed by atoms with van der Waals surface area (Å²) in [7, 11) is 3.07. The maximum atomic E-state index is 12.2. The maximum absolute atomic E-state index is 12.2. The van der Waals surface area contributed by atoms with Crippen LogP contribution in [-0.4, -0.2) is 38.1 Å². The summed E-state index contributed by atoms with van der Waals surface area (Å²) in [4.78, 5) is 14.2. The van der Waals surface area contributed by atoms with Gasteiger partial charge in [-0.1, -0.05) is 0 Å². The maximum Gasteiger partial charge on any atom is 0.267 e. The number of nitrogens with zero attached hydrogens (tertiary/aromatic N) is 2. The molecule has 0 saturated carbocycles. The average molecular weight is 301 g/mol. The van der Waals surface area contributed by atoms with Crippen LogP contribution in [0.4, 0.5) is 5.69 Å². The number of carbonyl (C=O) groups excluding carboxylic acids is 1. The Bertz CT molecular complexity index is 614. The normalized spacial score (nSPS) is 14.4. The van der Waals surface area contributed by atoms with Crippen LogP contribution in [-0.2, 0) is 4.79 Å². The Morgan fingerprint density at radius 2 is 1.95 bits per heavy atom. The second kappa shape index (κ2) is 7.36. The Balaban J connectivity index is 2.11. The minimum atomic E-state index is -0.429. The van der Waals surface area contributed by atoms with Gasteiger partial charge in [-0.2, -0.15) is 5.26 Å². The van der Waals surface area contributed by atoms with E-state index in [9.17, 15) is 4.79 Å². The molecule has 1 N–H and O–H groups in total. The number of likely N-dealkylation sites (tertiary alicyclic amines) is 1. The van der Waals surface area contributed by atoms with E-state index in [1.807, 2.05) is 11.0 Å². The Kier molecular flexibility index (Phi) is 5.26. The van der Waals surface area contributed by atoms with E-state index in [-0.39, 0.29) is 5.57 Å². The molecule has 116 valence electrons. The number of hydrogen-bond donors (Lipinski definition) is 1. The van der Waals surface area contributed by atoms with Crippen molar-refractivity contribution in [2.75, 3.05) is 32.6 Å². The molecule has 1 aromatic carbocycles. The summed E-state index contributed by atoms with van der Waals surface area (Å²) in [5.74, 6) is 0.664. The zero-order valence-electron chi connectivity index (χ0n) is 12.8. The molecule has 6 heteroatoms. The van der Waals surface area contributed by atoms with Crippen molar-refractivity contribution in [2.24, 2.45) is 0 Å². The molecule has 0 bridgehead atoms. The van der Waals surface area contributed by atoms with Gasteiger partial charge in [-0.15, -0.1) is 0 Å². The van der Waals surface area contributed by atoms with Crippen LogP contribution in [0.2, 0.25) is 0 Å². The van der Waals surface area contributed by atoms with Gasteiger partial charge in [0.1, 0.15) is 11.6 Å². The monoisotopic (exact) mass is 301 g/mol. The van der Waals surface area contributed by atoms with Crippen molar-refractivity contribution in [1.82, 2.24) is 4.90 Å². The summed E-state index contributed by atoms with van der Waals surface area (Å²) in [5.41, 5.74) is 0.641. The first-order valence-electron chi connectivity index (χ1n) is 7.07. The highest BCUT2D eigenvalue weighted by molar-refractivity contribution is 6.06. The van der Waals surface area contributed by atoms with Crippen LogP contribution >= 0.6 is 0 Å². The van der Waals surface area contributed by atoms with E-state index in [0.717, 1.165) is 25.9 Å². The van der Waals surface area contributed by atoms with Crippen LogP contribution in [0, 0.1) is 11.3 Å². The highest BCUT2D eigenvalue weighted by Crippen LogP contribution is 2.29. The lowest BCUT2D eigenvalue weighted by Crippen LogP contribution is -2.18. The summed E-state index contributed by atoms with van der Waals surface area (Å²) < 4.78 is 10.3. The molecule has 1 aliphatic heterocycles. The van der Waals surface area contributed by atoms with Crippen molar-refractivity contribution in [3.05, 3.63) is 30.0 Å². The third-order valence-corrected chi connectivity index (χ3v) is 3.46. The van der Waals surface area contributed by atoms with Crippen LogP contribution < -0.4 is 14.8 Å². The second-order valence-corrected chi connectivity index (χ2v) is 4.92. The Hall–Kier alpha value is -2.68. The van der Waals surface area contributed by atoms with Gasteiger partial charge in [-0.3, -0.25) is 4.79 Å². The van der Waals surface area contributed by atoms with Gasteiger partial charge in [0, 0.05) is 31.0 Å². The van der Waals surface area contributed by atoms with Gasteiger partial charge < -0.3 is 19.7 Å². The fourth-order valence-corrected chi connectivity index (χ4v) is 2.30. The fraction of sp³-hybridized carbons (Fsp3) is 0.375. The summed E-state index contributed by atoms with van der Waals surface area (Å²) in [6, 6.07) is 7.00. The molecule has 0 aliphatic carbocycles. The van der Waals surface area contributed by atoms with E-state index in [0.29, 0.717) is 17.2 Å². The van der Waals surface area contributed by atoms with E-state index in [1.165, 1.54) is 7.11 Å². The number of carbonyl (C=O) groups is 1. The number of nitriles is 1. The Morgan fingerprint density at radius 1 is 1.27 bits per heavy atom. The molecule has 0 spiro atoms. The predicted octanol–water partition coefficient (Wildman–Crippen LogP) is 2.15. The summed E-state index contributed by atoms with van der Waals surface area (Å²) >= 11 is 0. The van der Waals surface area contributed by atoms with E-state index in [2.05, 4.69) is 5.32 Å². The largest absolute Gasteiger partial charge is 0.493 e. The van der Waals surface area contributed by atoms with Gasteiger partial charge in [0.25, 0.3) is 5.91 Å². The van der Waals surface area contributed by atoms with Gasteiger partial charge in [-0.25, -0.2) is 0 Å². The number of anilines is 1. The average Bonchev–Trinajstić information content (AvgIpc) is 3.05. The zero-order valence-corrected chi connectivity index (χ0v) is 12.8. The number of benzene rings is 1. The second-order valence-electron chi connectivity index (χ2n) is 4.92. The molecule has 1 aliphatic rings. The van der Waals surface area contributed by atoms with Crippen molar-refractivity contribution < 1.29 is 14.3 Å². The van der Waals surface area contributed by atoms with E-state index < -0.39 is 5.91 Å². The number of ether oxygens (including phenoxy) is 2. The van der Waals surface area contributed by atoms with Crippen molar-refractivity contribution in [2.45, 2.75) is 12.8 Å². The SMILES string of the molecule is COc1ccc(NC(=O)/C(C#N)=C\N2CCCC2)cc1OC. The minimum Gasteiger partial charge on any atom is -0.493 e. The molecule has 1 fully saturated rings. The van der Waals surface area contributed by atoms with E-state index >= 15 is 0 Å². The first kappa shape index (κ1) is 15.7. The highest BCUT2D eigenvalue weighted by Gasteiger charge is 2.15. The minimum absolute atomic E-state index is 0.0942. The Morgan fingerprint density at radius 3 is 2.55 bits per heavy atom. The topological polar surface area (TPSA) is 74.6 Å². The molecule has 1 saturated heterocycles. The van der Waals surface area contributed by atoms with Crippen molar-refractivity contribution in [1.29, 1.82) is 5.26 Å². The van der Waals surface area contributed by atoms with Crippen molar-refractivity contribution in [3.63, 3.8) is 0 Å². The molecule has 6 nitrogen and oxygen atoms in total. The molecule has 22 heavy (non-hydrogen) atoms. The predicted molar refractivity (Wildman–Crippen MR) is 82.7 cm³/mol. The van der Waals surface area contributed by atoms with Crippen molar-refractivity contribution >= 4 is 11.6 Å². The number of nitrogens with one attached hydrogen (secondary N) is 1. The van der Waals surface area contributed by atoms with Gasteiger partial charge in [-0.05, 0) is 25.0 Å². The molecule has 1 amide bonds. The van der Waals surface area contributed by atoms with E-state index in [1.54, 1.807) is 31.5 Å². The zero-order chi connectivity index (χ0) is 15.9. The van der Waals surface area contributed by atoms with Crippen LogP contribution in [0.25, 0.3) is 0 Å². The standard InChI is InChI=1S/C16H19N3O3/c1-21-14-6-5-13(9-15(14)22-2)18-16(20)12(10-17)11-19-7-3-4-8-19/h5-6,9,11H,3-4,7-8H2,1-2H3,(H,18,20)/b12-11-. The molecular weight excluding hydrogens is 282 g/mol. The number of methoxy groups -OCH3 is 2. The van der Waals surface area contributed by atoms with Crippen LogP contribution in [0.5, 0.6) is 11.5 Å². The lowest BCUT2D eigenvalue weighted by Gasteiger charge is -2.13. The summed E-state index contributed by atoms with van der Waals surface area (Å²) in [6.45, 7) is 1.77. The first-order chi connectivity index (χ1) is 10.7. The molecule has 1 heterocycles.